The monoisotopic (exact) mass is 411 g/mol. The highest BCUT2D eigenvalue weighted by Gasteiger charge is 2.09. The van der Waals surface area contributed by atoms with Crippen LogP contribution in [-0.4, -0.2) is 63.1 Å². The van der Waals surface area contributed by atoms with Gasteiger partial charge in [-0.15, -0.1) is 24.0 Å². The van der Waals surface area contributed by atoms with Crippen LogP contribution < -0.4 is 16.0 Å². The maximum atomic E-state index is 11.5. The first-order valence-corrected chi connectivity index (χ1v) is 7.69. The number of guanidine groups is 1. The van der Waals surface area contributed by atoms with Gasteiger partial charge in [-0.2, -0.15) is 0 Å². The van der Waals surface area contributed by atoms with Gasteiger partial charge in [0.25, 0.3) is 0 Å². The lowest BCUT2D eigenvalue weighted by atomic mass is 10.1. The number of halogens is 1. The van der Waals surface area contributed by atoms with Gasteiger partial charge in [0, 0.05) is 26.7 Å². The molecule has 0 saturated carbocycles. The fraction of sp³-hybridized carbons (Fsp3) is 0.857. The van der Waals surface area contributed by atoms with E-state index in [1.54, 1.807) is 7.05 Å². The van der Waals surface area contributed by atoms with Gasteiger partial charge in [-0.05, 0) is 32.4 Å². The molecule has 0 bridgehead atoms. The highest BCUT2D eigenvalue weighted by molar-refractivity contribution is 14.0. The summed E-state index contributed by atoms with van der Waals surface area (Å²) >= 11 is 0. The third kappa shape index (κ3) is 9.89. The zero-order valence-corrected chi connectivity index (χ0v) is 15.6. The fourth-order valence-corrected chi connectivity index (χ4v) is 2.23. The van der Waals surface area contributed by atoms with Crippen molar-refractivity contribution in [3.05, 3.63) is 0 Å². The van der Waals surface area contributed by atoms with E-state index in [9.17, 15) is 4.79 Å². The first-order valence-electron chi connectivity index (χ1n) is 7.69. The first-order chi connectivity index (χ1) is 9.76. The van der Waals surface area contributed by atoms with Crippen LogP contribution in [0.3, 0.4) is 0 Å². The Morgan fingerprint density at radius 1 is 1.10 bits per heavy atom. The molecule has 1 saturated heterocycles. The van der Waals surface area contributed by atoms with Crippen molar-refractivity contribution in [3.8, 4) is 0 Å². The molecule has 0 radical (unpaired) electrons. The number of carbonyl (C=O) groups excluding carboxylic acids is 1. The second-order valence-corrected chi connectivity index (χ2v) is 5.10. The van der Waals surface area contributed by atoms with Crippen LogP contribution in [0.25, 0.3) is 0 Å². The van der Waals surface area contributed by atoms with Gasteiger partial charge < -0.3 is 20.9 Å². The van der Waals surface area contributed by atoms with Crippen LogP contribution in [0.4, 0.5) is 0 Å². The lowest BCUT2D eigenvalue weighted by Gasteiger charge is -2.26. The summed E-state index contributed by atoms with van der Waals surface area (Å²) in [6, 6.07) is 0. The molecule has 1 aliphatic rings. The number of nitrogens with one attached hydrogen (secondary N) is 3. The van der Waals surface area contributed by atoms with Crippen LogP contribution in [0.1, 0.15) is 32.6 Å². The Balaban J connectivity index is 0.00000400. The lowest BCUT2D eigenvalue weighted by molar-refractivity contribution is -0.120. The van der Waals surface area contributed by atoms with Crippen molar-refractivity contribution in [1.29, 1.82) is 0 Å². The summed E-state index contributed by atoms with van der Waals surface area (Å²) < 4.78 is 0. The number of rotatable bonds is 7. The van der Waals surface area contributed by atoms with E-state index in [4.69, 9.17) is 0 Å². The zero-order valence-electron chi connectivity index (χ0n) is 13.3. The van der Waals surface area contributed by atoms with Crippen LogP contribution in [0.5, 0.6) is 0 Å². The highest BCUT2D eigenvalue weighted by atomic mass is 127. The summed E-state index contributed by atoms with van der Waals surface area (Å²) in [5, 5.41) is 9.10. The van der Waals surface area contributed by atoms with Gasteiger partial charge in [-0.3, -0.25) is 9.79 Å². The molecule has 1 amide bonds. The molecule has 21 heavy (non-hydrogen) atoms. The number of hydrogen-bond acceptors (Lipinski definition) is 3. The average molecular weight is 411 g/mol. The largest absolute Gasteiger partial charge is 0.355 e. The Morgan fingerprint density at radius 2 is 1.81 bits per heavy atom. The van der Waals surface area contributed by atoms with Crippen molar-refractivity contribution in [1.82, 2.24) is 20.9 Å². The van der Waals surface area contributed by atoms with Crippen molar-refractivity contribution < 1.29 is 4.79 Å². The van der Waals surface area contributed by atoms with Crippen LogP contribution >= 0.6 is 24.0 Å². The third-order valence-electron chi connectivity index (χ3n) is 3.38. The molecule has 7 heteroatoms. The first kappa shape index (κ1) is 20.4. The normalized spacial score (nSPS) is 16.0. The van der Waals surface area contributed by atoms with E-state index in [0.29, 0.717) is 5.96 Å². The summed E-state index contributed by atoms with van der Waals surface area (Å²) in [4.78, 5) is 18.1. The van der Waals surface area contributed by atoms with E-state index in [-0.39, 0.29) is 36.4 Å². The molecule has 1 heterocycles. The maximum absolute atomic E-state index is 11.5. The van der Waals surface area contributed by atoms with Crippen LogP contribution in [0.2, 0.25) is 0 Å². The molecule has 0 spiro atoms. The summed E-state index contributed by atoms with van der Waals surface area (Å²) in [5.41, 5.74) is 0. The number of piperidine rings is 1. The molecule has 1 fully saturated rings. The fourth-order valence-electron chi connectivity index (χ4n) is 2.23. The van der Waals surface area contributed by atoms with Crippen molar-refractivity contribution in [3.63, 3.8) is 0 Å². The van der Waals surface area contributed by atoms with E-state index in [1.165, 1.54) is 32.4 Å². The summed E-state index contributed by atoms with van der Waals surface area (Å²) in [6.07, 6.45) is 4.93. The van der Waals surface area contributed by atoms with Crippen molar-refractivity contribution in [2.24, 2.45) is 4.99 Å². The SMILES string of the molecule is CCCNC(=O)CNC(=NC)NCCN1CCCCC1.I. The van der Waals surface area contributed by atoms with Gasteiger partial charge in [-0.1, -0.05) is 13.3 Å². The predicted octanol–water partition coefficient (Wildman–Crippen LogP) is 0.782. The Hall–Kier alpha value is -0.570. The Morgan fingerprint density at radius 3 is 2.43 bits per heavy atom. The molecule has 0 aromatic heterocycles. The number of hydrogen-bond donors (Lipinski definition) is 3. The number of amides is 1. The van der Waals surface area contributed by atoms with Crippen LogP contribution in [0.15, 0.2) is 4.99 Å². The average Bonchev–Trinajstić information content (AvgIpc) is 2.49. The van der Waals surface area contributed by atoms with Gasteiger partial charge in [0.2, 0.25) is 5.91 Å². The maximum Gasteiger partial charge on any atom is 0.239 e. The molecule has 3 N–H and O–H groups in total. The molecular weight excluding hydrogens is 381 g/mol. The lowest BCUT2D eigenvalue weighted by Crippen LogP contribution is -2.45. The van der Waals surface area contributed by atoms with Gasteiger partial charge in [0.05, 0.1) is 6.54 Å². The van der Waals surface area contributed by atoms with Crippen molar-refractivity contribution in [2.45, 2.75) is 32.6 Å². The number of nitrogens with zero attached hydrogens (tertiary/aromatic N) is 2. The van der Waals surface area contributed by atoms with Gasteiger partial charge >= 0.3 is 0 Å². The molecular formula is C14H30IN5O. The summed E-state index contributed by atoms with van der Waals surface area (Å²) in [5.74, 6) is 0.694. The van der Waals surface area contributed by atoms with Crippen molar-refractivity contribution >= 4 is 35.8 Å². The molecule has 0 atom stereocenters. The standard InChI is InChI=1S/C14H29N5O.HI/c1-3-7-16-13(20)12-18-14(15-2)17-8-11-19-9-5-4-6-10-19;/h3-12H2,1-2H3,(H,16,20)(H2,15,17,18);1H. The van der Waals surface area contributed by atoms with Crippen LogP contribution in [-0.2, 0) is 4.79 Å². The molecule has 124 valence electrons. The van der Waals surface area contributed by atoms with E-state index < -0.39 is 0 Å². The summed E-state index contributed by atoms with van der Waals surface area (Å²) in [7, 11) is 1.72. The predicted molar refractivity (Wildman–Crippen MR) is 98.4 cm³/mol. The van der Waals surface area contributed by atoms with Gasteiger partial charge in [0.1, 0.15) is 0 Å². The Labute approximate surface area is 145 Å². The molecule has 1 rings (SSSR count). The number of likely N-dealkylation sites (tertiary alicyclic amines) is 1. The molecule has 0 aromatic rings. The molecule has 0 unspecified atom stereocenters. The van der Waals surface area contributed by atoms with Gasteiger partial charge in [-0.25, -0.2) is 0 Å². The second-order valence-electron chi connectivity index (χ2n) is 5.10. The number of aliphatic imine (C=N–C) groups is 1. The quantitative estimate of drug-likeness (QED) is 0.329. The van der Waals surface area contributed by atoms with Crippen molar-refractivity contribution in [2.75, 3.05) is 46.3 Å². The van der Waals surface area contributed by atoms with E-state index in [2.05, 4.69) is 25.8 Å². The minimum Gasteiger partial charge on any atom is -0.355 e. The Kier molecular flexibility index (Phi) is 12.8. The highest BCUT2D eigenvalue weighted by Crippen LogP contribution is 2.07. The van der Waals surface area contributed by atoms with E-state index >= 15 is 0 Å². The second kappa shape index (κ2) is 13.1. The van der Waals surface area contributed by atoms with Gasteiger partial charge in [0.15, 0.2) is 5.96 Å². The molecule has 0 aliphatic carbocycles. The van der Waals surface area contributed by atoms with E-state index in [1.807, 2.05) is 6.92 Å². The zero-order chi connectivity index (χ0) is 14.6. The summed E-state index contributed by atoms with van der Waals surface area (Å²) in [6.45, 7) is 7.32. The molecule has 0 aromatic carbocycles. The topological polar surface area (TPSA) is 68.8 Å². The van der Waals surface area contributed by atoms with Crippen LogP contribution in [0, 0.1) is 0 Å². The Bertz CT molecular complexity index is 306. The molecule has 1 aliphatic heterocycles. The minimum atomic E-state index is 0. The minimum absolute atomic E-state index is 0. The third-order valence-corrected chi connectivity index (χ3v) is 3.38. The smallest absolute Gasteiger partial charge is 0.239 e. The number of carbonyl (C=O) groups is 1. The van der Waals surface area contributed by atoms with E-state index in [0.717, 1.165) is 26.1 Å². The molecule has 6 nitrogen and oxygen atoms in total.